The predicted molar refractivity (Wildman–Crippen MR) is 72.8 cm³/mol. The fraction of sp³-hybridized carbons (Fsp3) is 0.714. The van der Waals surface area contributed by atoms with Gasteiger partial charge in [-0.15, -0.1) is 0 Å². The van der Waals surface area contributed by atoms with Gasteiger partial charge in [0, 0.05) is 37.6 Å². The van der Waals surface area contributed by atoms with E-state index in [4.69, 9.17) is 0 Å². The predicted octanol–water partition coefficient (Wildman–Crippen LogP) is 1.90. The summed E-state index contributed by atoms with van der Waals surface area (Å²) in [5, 5.41) is 3.64. The first-order valence-electron chi connectivity index (χ1n) is 7.11. The van der Waals surface area contributed by atoms with E-state index in [0.29, 0.717) is 6.04 Å². The molecule has 0 spiro atoms. The number of nitrogens with zero attached hydrogens (tertiary/aromatic N) is 3. The second kappa shape index (κ2) is 5.22. The lowest BCUT2D eigenvalue weighted by Gasteiger charge is -2.36. The van der Waals surface area contributed by atoms with E-state index < -0.39 is 0 Å². The maximum absolute atomic E-state index is 4.48. The lowest BCUT2D eigenvalue weighted by Crippen LogP contribution is -2.46. The van der Waals surface area contributed by atoms with E-state index in [-0.39, 0.29) is 0 Å². The molecule has 0 radical (unpaired) electrons. The number of piperidine rings is 1. The monoisotopic (exact) mass is 246 g/mol. The van der Waals surface area contributed by atoms with Gasteiger partial charge in [-0.2, -0.15) is 0 Å². The molecule has 4 heteroatoms. The number of nitrogens with one attached hydrogen (secondary N) is 1. The van der Waals surface area contributed by atoms with E-state index >= 15 is 0 Å². The van der Waals surface area contributed by atoms with Gasteiger partial charge in [-0.25, -0.2) is 9.97 Å². The Bertz CT molecular complexity index is 385. The molecule has 1 saturated heterocycles. The highest BCUT2D eigenvalue weighted by molar-refractivity contribution is 5.32. The standard InChI is InChI=1S/C14H22N4/c1-11-8-16-14(17-9-11)18-7-3-2-4-13(18)10-15-12-5-6-12/h8-9,12-13,15H,2-7,10H2,1H3. The molecule has 1 aliphatic carbocycles. The number of anilines is 1. The molecule has 0 amide bonds. The van der Waals surface area contributed by atoms with E-state index in [1.165, 1.54) is 32.1 Å². The minimum Gasteiger partial charge on any atom is -0.337 e. The van der Waals surface area contributed by atoms with Crippen molar-refractivity contribution in [3.05, 3.63) is 18.0 Å². The van der Waals surface area contributed by atoms with Crippen LogP contribution in [-0.4, -0.2) is 35.1 Å². The molecule has 1 aromatic rings. The summed E-state index contributed by atoms with van der Waals surface area (Å²) >= 11 is 0. The van der Waals surface area contributed by atoms with Crippen molar-refractivity contribution < 1.29 is 0 Å². The molecule has 1 unspecified atom stereocenters. The Labute approximate surface area is 109 Å². The summed E-state index contributed by atoms with van der Waals surface area (Å²) in [6.45, 7) is 4.22. The summed E-state index contributed by atoms with van der Waals surface area (Å²) in [7, 11) is 0. The van der Waals surface area contributed by atoms with E-state index in [1.54, 1.807) is 0 Å². The molecule has 1 aromatic heterocycles. The van der Waals surface area contributed by atoms with Gasteiger partial charge in [0.2, 0.25) is 5.95 Å². The van der Waals surface area contributed by atoms with Crippen LogP contribution in [0.25, 0.3) is 0 Å². The third-order valence-corrected chi connectivity index (χ3v) is 3.87. The fourth-order valence-corrected chi connectivity index (χ4v) is 2.60. The average molecular weight is 246 g/mol. The highest BCUT2D eigenvalue weighted by Gasteiger charge is 2.27. The zero-order chi connectivity index (χ0) is 12.4. The molecule has 2 aliphatic rings. The SMILES string of the molecule is Cc1cnc(N2CCCCC2CNC2CC2)nc1. The van der Waals surface area contributed by atoms with Crippen molar-refractivity contribution in [3.8, 4) is 0 Å². The van der Waals surface area contributed by atoms with E-state index in [0.717, 1.165) is 30.6 Å². The molecule has 2 fully saturated rings. The van der Waals surface area contributed by atoms with Gasteiger partial charge in [0.05, 0.1) is 0 Å². The first-order valence-corrected chi connectivity index (χ1v) is 7.11. The van der Waals surface area contributed by atoms with Crippen LogP contribution in [0.4, 0.5) is 5.95 Å². The number of rotatable bonds is 4. The van der Waals surface area contributed by atoms with Crippen LogP contribution in [-0.2, 0) is 0 Å². The highest BCUT2D eigenvalue weighted by Crippen LogP contribution is 2.23. The zero-order valence-electron chi connectivity index (χ0n) is 11.1. The lowest BCUT2D eigenvalue weighted by atomic mass is 10.0. The second-order valence-corrected chi connectivity index (χ2v) is 5.59. The highest BCUT2D eigenvalue weighted by atomic mass is 15.3. The third-order valence-electron chi connectivity index (χ3n) is 3.87. The van der Waals surface area contributed by atoms with Crippen molar-refractivity contribution in [1.29, 1.82) is 0 Å². The minimum atomic E-state index is 0.571. The van der Waals surface area contributed by atoms with Gasteiger partial charge in [0.15, 0.2) is 0 Å². The van der Waals surface area contributed by atoms with E-state index in [9.17, 15) is 0 Å². The molecule has 2 heterocycles. The molecule has 18 heavy (non-hydrogen) atoms. The molecule has 98 valence electrons. The number of hydrogen-bond donors (Lipinski definition) is 1. The van der Waals surface area contributed by atoms with Gasteiger partial charge in [-0.05, 0) is 44.6 Å². The zero-order valence-corrected chi connectivity index (χ0v) is 11.1. The van der Waals surface area contributed by atoms with Crippen LogP contribution in [0.15, 0.2) is 12.4 Å². The Kier molecular flexibility index (Phi) is 3.46. The second-order valence-electron chi connectivity index (χ2n) is 5.59. The quantitative estimate of drug-likeness (QED) is 0.881. The molecule has 4 nitrogen and oxygen atoms in total. The first kappa shape index (κ1) is 11.9. The van der Waals surface area contributed by atoms with Gasteiger partial charge in [0.25, 0.3) is 0 Å². The summed E-state index contributed by atoms with van der Waals surface area (Å²) < 4.78 is 0. The summed E-state index contributed by atoms with van der Waals surface area (Å²) in [4.78, 5) is 11.4. The summed E-state index contributed by atoms with van der Waals surface area (Å²) in [5.41, 5.74) is 1.13. The summed E-state index contributed by atoms with van der Waals surface area (Å²) in [6, 6.07) is 1.36. The summed E-state index contributed by atoms with van der Waals surface area (Å²) in [5.74, 6) is 0.905. The normalized spacial score (nSPS) is 24.3. The molecule has 1 saturated carbocycles. The largest absolute Gasteiger partial charge is 0.337 e. The molecule has 0 bridgehead atoms. The fourth-order valence-electron chi connectivity index (χ4n) is 2.60. The Balaban J connectivity index is 1.67. The molecule has 1 N–H and O–H groups in total. The van der Waals surface area contributed by atoms with Crippen LogP contribution in [0.5, 0.6) is 0 Å². The van der Waals surface area contributed by atoms with Crippen LogP contribution in [0.3, 0.4) is 0 Å². The lowest BCUT2D eigenvalue weighted by molar-refractivity contribution is 0.428. The van der Waals surface area contributed by atoms with Gasteiger partial charge in [0.1, 0.15) is 0 Å². The van der Waals surface area contributed by atoms with Gasteiger partial charge >= 0.3 is 0 Å². The maximum Gasteiger partial charge on any atom is 0.225 e. The molecular weight excluding hydrogens is 224 g/mol. The Morgan fingerprint density at radius 1 is 1.22 bits per heavy atom. The topological polar surface area (TPSA) is 41.1 Å². The number of aryl methyl sites for hydroxylation is 1. The van der Waals surface area contributed by atoms with Gasteiger partial charge < -0.3 is 10.2 Å². The minimum absolute atomic E-state index is 0.571. The molecule has 3 rings (SSSR count). The molecule has 0 aromatic carbocycles. The summed E-state index contributed by atoms with van der Waals surface area (Å²) in [6.07, 6.45) is 10.4. The molecule has 1 aliphatic heterocycles. The Hall–Kier alpha value is -1.16. The smallest absolute Gasteiger partial charge is 0.225 e. The Morgan fingerprint density at radius 2 is 2.00 bits per heavy atom. The third kappa shape index (κ3) is 2.80. The van der Waals surface area contributed by atoms with Crippen LogP contribution >= 0.6 is 0 Å². The van der Waals surface area contributed by atoms with Crippen molar-refractivity contribution in [2.45, 2.75) is 51.1 Å². The van der Waals surface area contributed by atoms with Gasteiger partial charge in [-0.1, -0.05) is 0 Å². The van der Waals surface area contributed by atoms with Crippen LogP contribution in [0.1, 0.15) is 37.7 Å². The van der Waals surface area contributed by atoms with Gasteiger partial charge in [-0.3, -0.25) is 0 Å². The first-order chi connectivity index (χ1) is 8.83. The van der Waals surface area contributed by atoms with E-state index in [2.05, 4.69) is 20.2 Å². The van der Waals surface area contributed by atoms with Crippen molar-refractivity contribution >= 4 is 5.95 Å². The Morgan fingerprint density at radius 3 is 2.72 bits per heavy atom. The van der Waals surface area contributed by atoms with Crippen molar-refractivity contribution in [2.75, 3.05) is 18.0 Å². The van der Waals surface area contributed by atoms with E-state index in [1.807, 2.05) is 19.3 Å². The average Bonchev–Trinajstić information content (AvgIpc) is 3.22. The number of hydrogen-bond acceptors (Lipinski definition) is 4. The molecular formula is C14H22N4. The maximum atomic E-state index is 4.48. The van der Waals surface area contributed by atoms with Crippen LogP contribution in [0.2, 0.25) is 0 Å². The number of aromatic nitrogens is 2. The molecule has 1 atom stereocenters. The van der Waals surface area contributed by atoms with Crippen molar-refractivity contribution in [2.24, 2.45) is 0 Å². The van der Waals surface area contributed by atoms with Crippen molar-refractivity contribution in [1.82, 2.24) is 15.3 Å². The van der Waals surface area contributed by atoms with Crippen LogP contribution in [0, 0.1) is 6.92 Å². The van der Waals surface area contributed by atoms with Crippen LogP contribution < -0.4 is 10.2 Å². The van der Waals surface area contributed by atoms with Crippen molar-refractivity contribution in [3.63, 3.8) is 0 Å².